The molecule has 17 heavy (non-hydrogen) atoms. The topological polar surface area (TPSA) is 71.2 Å². The number of hydrogen-bond donors (Lipinski definition) is 2. The Morgan fingerprint density at radius 2 is 2.41 bits per heavy atom. The molecule has 0 aromatic carbocycles. The highest BCUT2D eigenvalue weighted by Crippen LogP contribution is 2.11. The molecule has 1 aromatic rings. The van der Waals surface area contributed by atoms with Crippen molar-refractivity contribution in [1.29, 1.82) is 0 Å². The first-order valence-electron chi connectivity index (χ1n) is 5.84. The van der Waals surface area contributed by atoms with Crippen molar-refractivity contribution in [3.8, 4) is 0 Å². The molecule has 1 aromatic heterocycles. The molecule has 0 aliphatic carbocycles. The maximum Gasteiger partial charge on any atom is 0.251 e. The van der Waals surface area contributed by atoms with Gasteiger partial charge in [0, 0.05) is 31.0 Å². The Kier molecular flexibility index (Phi) is 3.93. The Balaban J connectivity index is 1.86. The number of hydrogen-bond acceptors (Lipinski definition) is 3. The fourth-order valence-electron chi connectivity index (χ4n) is 1.86. The molecule has 2 rings (SSSR count). The van der Waals surface area contributed by atoms with E-state index in [1.54, 1.807) is 6.07 Å². The average molecular weight is 236 g/mol. The third-order valence-corrected chi connectivity index (χ3v) is 2.80. The van der Waals surface area contributed by atoms with Crippen LogP contribution in [0.15, 0.2) is 23.1 Å². The van der Waals surface area contributed by atoms with Gasteiger partial charge in [0.2, 0.25) is 5.56 Å². The molecule has 2 heterocycles. The van der Waals surface area contributed by atoms with Crippen molar-refractivity contribution in [3.05, 3.63) is 34.2 Å². The molecule has 2 N–H and O–H groups in total. The van der Waals surface area contributed by atoms with Gasteiger partial charge in [-0.1, -0.05) is 0 Å². The van der Waals surface area contributed by atoms with Crippen molar-refractivity contribution in [2.75, 3.05) is 13.2 Å². The molecule has 1 unspecified atom stereocenters. The van der Waals surface area contributed by atoms with E-state index in [9.17, 15) is 9.59 Å². The van der Waals surface area contributed by atoms with Crippen LogP contribution in [0.4, 0.5) is 0 Å². The van der Waals surface area contributed by atoms with E-state index in [-0.39, 0.29) is 17.6 Å². The van der Waals surface area contributed by atoms with Gasteiger partial charge in [-0.25, -0.2) is 0 Å². The van der Waals surface area contributed by atoms with E-state index in [2.05, 4.69) is 10.3 Å². The third kappa shape index (κ3) is 3.42. The first kappa shape index (κ1) is 11.9. The van der Waals surface area contributed by atoms with Crippen LogP contribution in [-0.2, 0) is 4.74 Å². The first-order valence-corrected chi connectivity index (χ1v) is 5.84. The summed E-state index contributed by atoms with van der Waals surface area (Å²) in [6, 6.07) is 2.87. The second-order valence-electron chi connectivity index (χ2n) is 4.14. The lowest BCUT2D eigenvalue weighted by Gasteiger charge is -2.22. The number of aromatic amines is 1. The van der Waals surface area contributed by atoms with Gasteiger partial charge in [0.15, 0.2) is 0 Å². The summed E-state index contributed by atoms with van der Waals surface area (Å²) in [5.74, 6) is -0.231. The minimum absolute atomic E-state index is 0.106. The zero-order chi connectivity index (χ0) is 12.1. The SMILES string of the molecule is O=C(NCC1CCCCO1)c1cc[nH]c(=O)c1. The van der Waals surface area contributed by atoms with Crippen molar-refractivity contribution in [1.82, 2.24) is 10.3 Å². The van der Waals surface area contributed by atoms with Gasteiger partial charge in [-0.15, -0.1) is 0 Å². The van der Waals surface area contributed by atoms with Crippen molar-refractivity contribution in [2.24, 2.45) is 0 Å². The van der Waals surface area contributed by atoms with Crippen molar-refractivity contribution >= 4 is 5.91 Å². The number of H-pyrrole nitrogens is 1. The molecule has 0 saturated carbocycles. The number of aromatic nitrogens is 1. The summed E-state index contributed by atoms with van der Waals surface area (Å²) < 4.78 is 5.51. The minimum atomic E-state index is -0.272. The molecule has 1 amide bonds. The average Bonchev–Trinajstić information content (AvgIpc) is 2.37. The molecule has 0 spiro atoms. The zero-order valence-electron chi connectivity index (χ0n) is 9.57. The second-order valence-corrected chi connectivity index (χ2v) is 4.14. The normalized spacial score (nSPS) is 19.9. The van der Waals surface area contributed by atoms with Crippen LogP contribution in [0.5, 0.6) is 0 Å². The van der Waals surface area contributed by atoms with E-state index >= 15 is 0 Å². The van der Waals surface area contributed by atoms with Gasteiger partial charge in [0.05, 0.1) is 6.10 Å². The van der Waals surface area contributed by atoms with Crippen LogP contribution in [0.25, 0.3) is 0 Å². The van der Waals surface area contributed by atoms with Crippen LogP contribution in [0, 0.1) is 0 Å². The van der Waals surface area contributed by atoms with Crippen LogP contribution in [0.3, 0.4) is 0 Å². The maximum atomic E-state index is 11.7. The predicted octanol–water partition coefficient (Wildman–Crippen LogP) is 0.674. The van der Waals surface area contributed by atoms with E-state index in [4.69, 9.17) is 4.74 Å². The summed E-state index contributed by atoms with van der Waals surface area (Å²) in [5.41, 5.74) is 0.108. The zero-order valence-corrected chi connectivity index (χ0v) is 9.57. The number of carbonyl (C=O) groups excluding carboxylic acids is 1. The number of pyridine rings is 1. The summed E-state index contributed by atoms with van der Waals surface area (Å²) in [5, 5.41) is 2.78. The highest BCUT2D eigenvalue weighted by molar-refractivity contribution is 5.93. The fraction of sp³-hybridized carbons (Fsp3) is 0.500. The summed E-state index contributed by atoms with van der Waals surface area (Å²) in [7, 11) is 0. The Hall–Kier alpha value is -1.62. The smallest absolute Gasteiger partial charge is 0.251 e. The van der Waals surface area contributed by atoms with Gasteiger partial charge >= 0.3 is 0 Å². The van der Waals surface area contributed by atoms with Crippen LogP contribution in [0.2, 0.25) is 0 Å². The monoisotopic (exact) mass is 236 g/mol. The molecular formula is C12H16N2O3. The molecule has 1 aliphatic rings. The molecule has 92 valence electrons. The Labute approximate surface area is 99.2 Å². The van der Waals surface area contributed by atoms with E-state index in [1.807, 2.05) is 0 Å². The molecule has 5 heteroatoms. The lowest BCUT2D eigenvalue weighted by atomic mass is 10.1. The standard InChI is InChI=1S/C12H16N2O3/c15-11-7-9(4-5-13-11)12(16)14-8-10-3-1-2-6-17-10/h4-5,7,10H,1-3,6,8H2,(H,13,15)(H,14,16). The van der Waals surface area contributed by atoms with Gasteiger partial charge in [0.25, 0.3) is 5.91 Å². The lowest BCUT2D eigenvalue weighted by Crippen LogP contribution is -2.35. The molecule has 1 saturated heterocycles. The van der Waals surface area contributed by atoms with Gasteiger partial charge in [-0.05, 0) is 25.3 Å². The number of carbonyl (C=O) groups is 1. The van der Waals surface area contributed by atoms with E-state index in [1.165, 1.54) is 12.3 Å². The van der Waals surface area contributed by atoms with Crippen LogP contribution >= 0.6 is 0 Å². The minimum Gasteiger partial charge on any atom is -0.376 e. The van der Waals surface area contributed by atoms with Crippen LogP contribution in [-0.4, -0.2) is 30.1 Å². The second kappa shape index (κ2) is 5.63. The molecule has 1 atom stereocenters. The molecular weight excluding hydrogens is 220 g/mol. The third-order valence-electron chi connectivity index (χ3n) is 2.80. The van der Waals surface area contributed by atoms with Crippen molar-refractivity contribution in [3.63, 3.8) is 0 Å². The number of nitrogens with one attached hydrogen (secondary N) is 2. The van der Waals surface area contributed by atoms with E-state index in [0.717, 1.165) is 25.9 Å². The summed E-state index contributed by atoms with van der Waals surface area (Å²) in [4.78, 5) is 25.2. The molecule has 1 fully saturated rings. The van der Waals surface area contributed by atoms with Crippen molar-refractivity contribution < 1.29 is 9.53 Å². The summed E-state index contributed by atoms with van der Waals surface area (Å²) in [6.45, 7) is 1.27. The molecule has 0 radical (unpaired) electrons. The summed E-state index contributed by atoms with van der Waals surface area (Å²) in [6.07, 6.45) is 4.79. The van der Waals surface area contributed by atoms with Gasteiger partial charge in [0.1, 0.15) is 0 Å². The van der Waals surface area contributed by atoms with Crippen LogP contribution < -0.4 is 10.9 Å². The molecule has 0 bridgehead atoms. The fourth-order valence-corrected chi connectivity index (χ4v) is 1.86. The largest absolute Gasteiger partial charge is 0.376 e. The quantitative estimate of drug-likeness (QED) is 0.810. The van der Waals surface area contributed by atoms with Crippen molar-refractivity contribution in [2.45, 2.75) is 25.4 Å². The highest BCUT2D eigenvalue weighted by Gasteiger charge is 2.15. The Bertz CT molecular complexity index is 435. The number of ether oxygens (including phenoxy) is 1. The molecule has 5 nitrogen and oxygen atoms in total. The number of rotatable bonds is 3. The highest BCUT2D eigenvalue weighted by atomic mass is 16.5. The molecule has 1 aliphatic heterocycles. The Morgan fingerprint density at radius 3 is 3.12 bits per heavy atom. The maximum absolute atomic E-state index is 11.7. The lowest BCUT2D eigenvalue weighted by molar-refractivity contribution is 0.0169. The van der Waals surface area contributed by atoms with Gasteiger partial charge in [-0.3, -0.25) is 9.59 Å². The Morgan fingerprint density at radius 1 is 1.53 bits per heavy atom. The van der Waals surface area contributed by atoms with Crippen LogP contribution in [0.1, 0.15) is 29.6 Å². The first-order chi connectivity index (χ1) is 8.25. The van der Waals surface area contributed by atoms with E-state index < -0.39 is 0 Å². The van der Waals surface area contributed by atoms with Gasteiger partial charge in [-0.2, -0.15) is 0 Å². The summed E-state index contributed by atoms with van der Waals surface area (Å²) >= 11 is 0. The predicted molar refractivity (Wildman–Crippen MR) is 63.0 cm³/mol. The van der Waals surface area contributed by atoms with Gasteiger partial charge < -0.3 is 15.0 Å². The van der Waals surface area contributed by atoms with E-state index in [0.29, 0.717) is 12.1 Å². The number of amides is 1.